The molecule has 328 valence electrons. The van der Waals surface area contributed by atoms with Crippen molar-refractivity contribution in [3.8, 4) is 0 Å². The van der Waals surface area contributed by atoms with E-state index in [1.165, 1.54) is 59.9 Å². The fourth-order valence-electron chi connectivity index (χ4n) is 7.50. The molecule has 1 amide bonds. The van der Waals surface area contributed by atoms with E-state index < -0.39 is 52.8 Å². The topological polar surface area (TPSA) is 119 Å². The molecule has 2 aliphatic rings. The highest BCUT2D eigenvalue weighted by molar-refractivity contribution is 7.99. The van der Waals surface area contributed by atoms with Crippen LogP contribution in [0.3, 0.4) is 0 Å². The largest absolute Gasteiger partial charge is 0.501 e. The van der Waals surface area contributed by atoms with E-state index in [2.05, 4.69) is 27.2 Å². The predicted octanol–water partition coefficient (Wildman–Crippen LogP) is 8.82. The Morgan fingerprint density at radius 1 is 0.852 bits per heavy atom. The third-order valence-corrected chi connectivity index (χ3v) is 15.2. The summed E-state index contributed by atoms with van der Waals surface area (Å²) in [5.74, 6) is -0.645. The fraction of sp³-hybridized carbons (Fsp3) is 0.386. The van der Waals surface area contributed by atoms with Gasteiger partial charge in [-0.1, -0.05) is 53.9 Å². The summed E-state index contributed by atoms with van der Waals surface area (Å²) < 4.78 is 96.8. The van der Waals surface area contributed by atoms with Crippen LogP contribution in [0.15, 0.2) is 117 Å². The predicted molar refractivity (Wildman–Crippen MR) is 239 cm³/mol. The van der Waals surface area contributed by atoms with Crippen molar-refractivity contribution in [3.05, 3.63) is 119 Å². The quantitative estimate of drug-likeness (QED) is 0.106. The van der Waals surface area contributed by atoms with Crippen molar-refractivity contribution in [1.82, 2.24) is 14.5 Å². The molecule has 1 saturated heterocycles. The Labute approximate surface area is 366 Å². The van der Waals surface area contributed by atoms with Crippen LogP contribution in [0.2, 0.25) is 5.02 Å². The molecule has 4 aromatic carbocycles. The lowest BCUT2D eigenvalue weighted by Crippen LogP contribution is -2.47. The molecule has 0 bridgehead atoms. The van der Waals surface area contributed by atoms with E-state index >= 15 is 0 Å². The van der Waals surface area contributed by atoms with Crippen LogP contribution >= 0.6 is 23.4 Å². The van der Waals surface area contributed by atoms with Crippen molar-refractivity contribution in [3.63, 3.8) is 0 Å². The molecule has 2 N–H and O–H groups in total. The van der Waals surface area contributed by atoms with Gasteiger partial charge in [-0.25, -0.2) is 21.6 Å². The number of carbonyl (C=O) groups is 1. The van der Waals surface area contributed by atoms with Gasteiger partial charge in [-0.2, -0.15) is 13.2 Å². The number of rotatable bonds is 16. The molecule has 1 fully saturated rings. The van der Waals surface area contributed by atoms with E-state index in [0.29, 0.717) is 24.8 Å². The maximum atomic E-state index is 14.0. The van der Waals surface area contributed by atoms with E-state index in [1.807, 2.05) is 66.2 Å². The molecule has 4 aromatic rings. The smallest absolute Gasteiger partial charge is 0.380 e. The van der Waals surface area contributed by atoms with Gasteiger partial charge >= 0.3 is 5.51 Å². The number of halogens is 4. The van der Waals surface area contributed by atoms with Crippen LogP contribution in [0.5, 0.6) is 0 Å². The number of alkyl halides is 3. The van der Waals surface area contributed by atoms with E-state index in [4.69, 9.17) is 11.6 Å². The molecule has 0 spiro atoms. The van der Waals surface area contributed by atoms with Gasteiger partial charge in [0.2, 0.25) is 0 Å². The van der Waals surface area contributed by atoms with Crippen molar-refractivity contribution in [2.45, 2.75) is 64.8 Å². The first-order valence-electron chi connectivity index (χ1n) is 20.2. The van der Waals surface area contributed by atoms with Crippen LogP contribution in [0, 0.1) is 0 Å². The summed E-state index contributed by atoms with van der Waals surface area (Å²) in [7, 11) is -7.18. The van der Waals surface area contributed by atoms with Crippen LogP contribution in [0.25, 0.3) is 5.57 Å². The number of allylic oxidation sites excluding steroid dienone is 1. The van der Waals surface area contributed by atoms with Gasteiger partial charge in [0.1, 0.15) is 4.90 Å². The number of sulfone groups is 1. The molecule has 0 aromatic heterocycles. The molecule has 1 aliphatic carbocycles. The second-order valence-electron chi connectivity index (χ2n) is 15.6. The van der Waals surface area contributed by atoms with Crippen LogP contribution in [-0.4, -0.2) is 103 Å². The average Bonchev–Trinajstić information content (AvgIpc) is 3.47. The Bertz CT molecular complexity index is 2380. The lowest BCUT2D eigenvalue weighted by molar-refractivity contribution is -0.0435. The second kappa shape index (κ2) is 20.4. The van der Waals surface area contributed by atoms with E-state index in [9.17, 15) is 34.8 Å². The molecule has 1 aliphatic heterocycles. The Morgan fingerprint density at radius 3 is 2.18 bits per heavy atom. The summed E-state index contributed by atoms with van der Waals surface area (Å²) in [5.41, 5.74) is -1.15. The number of carbonyl (C=O) groups excluding carboxylic acids is 1. The summed E-state index contributed by atoms with van der Waals surface area (Å²) in [6.07, 6.45) is 6.11. The Kier molecular flexibility index (Phi) is 15.5. The number of nitrogens with zero attached hydrogens (tertiary/aromatic N) is 3. The molecule has 61 heavy (non-hydrogen) atoms. The highest BCUT2D eigenvalue weighted by Crippen LogP contribution is 2.37. The van der Waals surface area contributed by atoms with Gasteiger partial charge in [0, 0.05) is 65.7 Å². The van der Waals surface area contributed by atoms with Gasteiger partial charge in [0.05, 0.1) is 10.6 Å². The van der Waals surface area contributed by atoms with Gasteiger partial charge in [-0.05, 0) is 131 Å². The lowest BCUT2D eigenvalue weighted by Gasteiger charge is -2.37. The standard InChI is InChI=1S/C44H51ClF3N5O5S3/c1-51(2)24-23-36(31-59-38-10-6-4-7-11-38)49-41-22-21-39(29-42(41)60(55,56)44(46,47)48)61(57,58)50-43(54)33-15-19-37(20-16-33)53-27-25-52(26-28-53)30-34-9-5-3-8-12-40(34)32-13-17-35(45)18-14-32/h4,6-7,10-11,13-22,29,36,49H,3,5,8-9,12,23-28,30-31H2,1-2H3,(H,50,54)/t36-/m1/s1. The zero-order chi connectivity index (χ0) is 43.8. The van der Waals surface area contributed by atoms with Crippen LogP contribution < -0.4 is 14.9 Å². The molecule has 0 saturated carbocycles. The molecule has 0 radical (unpaired) electrons. The maximum Gasteiger partial charge on any atom is 0.501 e. The van der Waals surface area contributed by atoms with Crippen molar-refractivity contribution >= 4 is 66.1 Å². The number of piperazine rings is 1. The summed E-state index contributed by atoms with van der Waals surface area (Å²) >= 11 is 7.61. The molecule has 17 heteroatoms. The molecule has 6 rings (SSSR count). The third kappa shape index (κ3) is 12.3. The minimum atomic E-state index is -6.03. The number of anilines is 2. The second-order valence-corrected chi connectivity index (χ2v) is 20.7. The zero-order valence-corrected chi connectivity index (χ0v) is 37.3. The monoisotopic (exact) mass is 917 g/mol. The lowest BCUT2D eigenvalue weighted by atomic mass is 9.95. The molecular formula is C44H51ClF3N5O5S3. The van der Waals surface area contributed by atoms with Gasteiger partial charge in [0.25, 0.3) is 25.8 Å². The third-order valence-electron chi connectivity index (χ3n) is 10.9. The summed E-state index contributed by atoms with van der Waals surface area (Å²) in [6.45, 7) is 4.60. The molecule has 10 nitrogen and oxygen atoms in total. The van der Waals surface area contributed by atoms with Crippen molar-refractivity contribution in [1.29, 1.82) is 0 Å². The highest BCUT2D eigenvalue weighted by Gasteiger charge is 2.48. The molecule has 1 heterocycles. The number of nitrogens with one attached hydrogen (secondary N) is 2. The average molecular weight is 919 g/mol. The first-order valence-corrected chi connectivity index (χ1v) is 24.5. The Morgan fingerprint density at radius 2 is 1.52 bits per heavy atom. The Balaban J connectivity index is 1.12. The Hall–Kier alpha value is -4.06. The highest BCUT2D eigenvalue weighted by atomic mass is 35.5. The number of sulfonamides is 1. The van der Waals surface area contributed by atoms with Gasteiger partial charge in [-0.15, -0.1) is 11.8 Å². The number of hydrogen-bond acceptors (Lipinski definition) is 10. The fourth-order valence-corrected chi connectivity index (χ4v) is 10.6. The number of benzene rings is 4. The first-order chi connectivity index (χ1) is 29.0. The van der Waals surface area contributed by atoms with Gasteiger partial charge in [-0.3, -0.25) is 9.69 Å². The minimum Gasteiger partial charge on any atom is -0.380 e. The summed E-state index contributed by atoms with van der Waals surface area (Å²) in [4.78, 5) is 18.6. The van der Waals surface area contributed by atoms with Gasteiger partial charge in [0.15, 0.2) is 0 Å². The van der Waals surface area contributed by atoms with E-state index in [-0.39, 0.29) is 5.56 Å². The summed E-state index contributed by atoms with van der Waals surface area (Å²) in [5, 5.41) is 3.66. The number of amides is 1. The van der Waals surface area contributed by atoms with Crippen molar-refractivity contribution in [2.75, 3.05) is 69.3 Å². The minimum absolute atomic E-state index is 0.00191. The summed E-state index contributed by atoms with van der Waals surface area (Å²) in [6, 6.07) is 25.7. The van der Waals surface area contributed by atoms with Crippen LogP contribution in [-0.2, 0) is 19.9 Å². The SMILES string of the molecule is CN(C)CC[C@H](CSc1ccccc1)Nc1ccc(S(=O)(=O)NC(=O)c2ccc(N3CCN(CC4=C(c5ccc(Cl)cc5)CCCCC4)CC3)cc2)cc1S(=O)(=O)C(F)(F)F. The van der Waals surface area contributed by atoms with E-state index in [0.717, 1.165) is 73.3 Å². The van der Waals surface area contributed by atoms with Crippen molar-refractivity contribution in [2.24, 2.45) is 0 Å². The maximum absolute atomic E-state index is 14.0. The molecule has 0 unspecified atom stereocenters. The number of hydrogen-bond donors (Lipinski definition) is 2. The molecular weight excluding hydrogens is 867 g/mol. The van der Waals surface area contributed by atoms with Gasteiger partial charge < -0.3 is 15.1 Å². The zero-order valence-electron chi connectivity index (χ0n) is 34.1. The molecule has 1 atom stereocenters. The normalized spacial score (nSPS) is 16.3. The van der Waals surface area contributed by atoms with Crippen LogP contribution in [0.4, 0.5) is 24.5 Å². The van der Waals surface area contributed by atoms with Crippen molar-refractivity contribution < 1.29 is 34.8 Å². The van der Waals surface area contributed by atoms with E-state index in [1.54, 1.807) is 12.1 Å². The number of thioether (sulfide) groups is 1. The van der Waals surface area contributed by atoms with Crippen LogP contribution in [0.1, 0.15) is 54.4 Å². The first kappa shape index (κ1) is 46.4.